The predicted molar refractivity (Wildman–Crippen MR) is 163 cm³/mol. The largest absolute Gasteiger partial charge is 0.457 e. The van der Waals surface area contributed by atoms with Gasteiger partial charge in [-0.2, -0.15) is 0 Å². The number of esters is 1. The Hall–Kier alpha value is -3.03. The fourth-order valence-electron chi connectivity index (χ4n) is 6.99. The van der Waals surface area contributed by atoms with Crippen LogP contribution in [-0.4, -0.2) is 49.0 Å². The molecule has 3 aliphatic carbocycles. The Labute approximate surface area is 269 Å². The van der Waals surface area contributed by atoms with Crippen LogP contribution in [0.5, 0.6) is 0 Å². The van der Waals surface area contributed by atoms with Crippen molar-refractivity contribution in [1.82, 2.24) is 5.16 Å². The highest BCUT2D eigenvalue weighted by Gasteiger charge is 2.52. The summed E-state index contributed by atoms with van der Waals surface area (Å²) in [6.07, 6.45) is 2.92. The number of hydrogen-bond donors (Lipinski definition) is 1. The molecule has 45 heavy (non-hydrogen) atoms. The summed E-state index contributed by atoms with van der Waals surface area (Å²) in [5.74, 6) is -1.44. The number of anilines is 1. The maximum Gasteiger partial charge on any atom is 0.341 e. The average molecular weight is 679 g/mol. The molecule has 4 aliphatic rings. The molecule has 2 N–H and O–H groups in total. The van der Waals surface area contributed by atoms with Crippen LogP contribution in [0.4, 0.5) is 10.1 Å². The zero-order valence-electron chi connectivity index (χ0n) is 24.0. The summed E-state index contributed by atoms with van der Waals surface area (Å²) >= 11 is 12.9. The van der Waals surface area contributed by atoms with Crippen LogP contribution in [0.2, 0.25) is 10.0 Å². The second-order valence-corrected chi connectivity index (χ2v) is 14.8. The lowest BCUT2D eigenvalue weighted by Crippen LogP contribution is -2.43. The van der Waals surface area contributed by atoms with Crippen molar-refractivity contribution in [1.29, 1.82) is 0 Å². The molecule has 10 nitrogen and oxygen atoms in total. The molecule has 1 amide bonds. The van der Waals surface area contributed by atoms with Crippen molar-refractivity contribution in [3.8, 4) is 11.3 Å². The predicted octanol–water partition coefficient (Wildman–Crippen LogP) is 5.74. The van der Waals surface area contributed by atoms with Crippen molar-refractivity contribution in [2.24, 2.45) is 11.1 Å². The number of halogens is 3. The van der Waals surface area contributed by atoms with Gasteiger partial charge in [0.05, 0.1) is 34.2 Å². The van der Waals surface area contributed by atoms with E-state index in [0.29, 0.717) is 52.7 Å². The third kappa shape index (κ3) is 5.65. The molecule has 0 spiro atoms. The summed E-state index contributed by atoms with van der Waals surface area (Å²) in [5.41, 5.74) is 1.87. The van der Waals surface area contributed by atoms with Crippen LogP contribution in [0.3, 0.4) is 0 Å². The second-order valence-electron chi connectivity index (χ2n) is 12.2. The number of piperidine rings is 1. The number of hydrogen-bond acceptors (Lipinski definition) is 8. The van der Waals surface area contributed by atoms with E-state index in [-0.39, 0.29) is 42.6 Å². The summed E-state index contributed by atoms with van der Waals surface area (Å²) in [6.45, 7) is 0.173. The molecule has 1 aromatic heterocycles. The maximum atomic E-state index is 15.2. The number of benzene rings is 2. The second kappa shape index (κ2) is 11.6. The van der Waals surface area contributed by atoms with Crippen molar-refractivity contribution in [3.63, 3.8) is 0 Å². The Morgan fingerprint density at radius 1 is 1.09 bits per heavy atom. The van der Waals surface area contributed by atoms with E-state index in [1.54, 1.807) is 23.1 Å². The Bertz CT molecular complexity index is 1780. The summed E-state index contributed by atoms with van der Waals surface area (Å²) < 4.78 is 56.3. The van der Waals surface area contributed by atoms with Crippen LogP contribution < -0.4 is 10.0 Å². The molecule has 5 atom stereocenters. The van der Waals surface area contributed by atoms with Gasteiger partial charge in [0.1, 0.15) is 28.6 Å². The van der Waals surface area contributed by atoms with Gasteiger partial charge in [0.15, 0.2) is 0 Å². The Morgan fingerprint density at radius 2 is 1.84 bits per heavy atom. The highest BCUT2D eigenvalue weighted by atomic mass is 35.5. The number of sulfonamides is 1. The minimum atomic E-state index is -3.91. The molecule has 2 heterocycles. The molecular weight excluding hydrogens is 648 g/mol. The van der Waals surface area contributed by atoms with Crippen molar-refractivity contribution >= 4 is 50.8 Å². The SMILES string of the molecule is NS(=O)(=O)C1CCCC1OC(=O)c1ccc(N2C(=O)[C@@H]3C[C@H]2C[C@H]3OCc2c(-c3c(Cl)cccc3Cl)noc2C2CC2)cc1F. The van der Waals surface area contributed by atoms with E-state index in [2.05, 4.69) is 5.16 Å². The lowest BCUT2D eigenvalue weighted by molar-refractivity contribution is -0.126. The number of fused-ring (bicyclic) bond motifs is 2. The zero-order chi connectivity index (χ0) is 31.6. The number of carbonyl (C=O) groups is 2. The van der Waals surface area contributed by atoms with Gasteiger partial charge >= 0.3 is 5.97 Å². The lowest BCUT2D eigenvalue weighted by Gasteiger charge is -2.31. The first-order chi connectivity index (χ1) is 21.5. The van der Waals surface area contributed by atoms with E-state index in [1.807, 2.05) is 0 Å². The van der Waals surface area contributed by atoms with E-state index >= 15 is 4.39 Å². The third-order valence-electron chi connectivity index (χ3n) is 9.33. The molecule has 2 bridgehead atoms. The average Bonchev–Trinajstić information content (AvgIpc) is 3.28. The number of carbonyl (C=O) groups excluding carboxylic acids is 2. The fourth-order valence-corrected chi connectivity index (χ4v) is 8.67. The van der Waals surface area contributed by atoms with E-state index < -0.39 is 39.1 Å². The van der Waals surface area contributed by atoms with Crippen molar-refractivity contribution < 1.29 is 36.4 Å². The number of rotatable bonds is 9. The minimum Gasteiger partial charge on any atom is -0.457 e. The van der Waals surface area contributed by atoms with Gasteiger partial charge in [0, 0.05) is 28.8 Å². The molecule has 4 fully saturated rings. The number of amides is 1. The first-order valence-electron chi connectivity index (χ1n) is 14.9. The molecule has 7 rings (SSSR count). The summed E-state index contributed by atoms with van der Waals surface area (Å²) in [5, 5.41) is 9.45. The molecule has 2 aromatic carbocycles. The standard InChI is InChI=1S/C31H30Cl2FN3O7S/c32-21-3-1-4-22(33)27(21)28-20(29(44-36-28)15-7-8-15)14-42-25-13-17-11-19(25)30(38)37(17)16-9-10-18(23(34)12-16)31(39)43-24-5-2-6-26(24)45(35,40)41/h1,3-4,9-10,12,15,17,19,24-26H,2,5-8,11,13-14H2,(H2,35,40,41)/t17-,19+,24?,25+,26?/m0/s1. The fraction of sp³-hybridized carbons (Fsp3) is 0.452. The van der Waals surface area contributed by atoms with Crippen LogP contribution in [0.1, 0.15) is 72.5 Å². The first kappa shape index (κ1) is 30.6. The van der Waals surface area contributed by atoms with Gasteiger partial charge < -0.3 is 18.9 Å². The molecule has 0 radical (unpaired) electrons. The molecule has 238 valence electrons. The number of ether oxygens (including phenoxy) is 2. The van der Waals surface area contributed by atoms with Gasteiger partial charge in [0.2, 0.25) is 15.9 Å². The van der Waals surface area contributed by atoms with E-state index in [4.69, 9.17) is 42.3 Å². The Kier molecular flexibility index (Phi) is 7.92. The van der Waals surface area contributed by atoms with Crippen LogP contribution in [-0.2, 0) is 30.9 Å². The quantitative estimate of drug-likeness (QED) is 0.283. The highest BCUT2D eigenvalue weighted by molar-refractivity contribution is 7.89. The topological polar surface area (TPSA) is 142 Å². The van der Waals surface area contributed by atoms with Crippen molar-refractivity contribution in [2.45, 2.75) is 81.0 Å². The summed E-state index contributed by atoms with van der Waals surface area (Å²) in [4.78, 5) is 27.8. The smallest absolute Gasteiger partial charge is 0.341 e. The maximum absolute atomic E-state index is 15.2. The molecule has 3 saturated carbocycles. The molecule has 14 heteroatoms. The Balaban J connectivity index is 1.03. The molecule has 1 aliphatic heterocycles. The van der Waals surface area contributed by atoms with E-state index in [1.165, 1.54) is 12.1 Å². The van der Waals surface area contributed by atoms with Gasteiger partial charge in [-0.05, 0) is 75.3 Å². The Morgan fingerprint density at radius 3 is 2.51 bits per heavy atom. The summed E-state index contributed by atoms with van der Waals surface area (Å²) in [7, 11) is -3.91. The van der Waals surface area contributed by atoms with Gasteiger partial charge in [-0.1, -0.05) is 34.4 Å². The van der Waals surface area contributed by atoms with Crippen LogP contribution in [0.25, 0.3) is 11.3 Å². The van der Waals surface area contributed by atoms with Gasteiger partial charge in [-0.25, -0.2) is 22.7 Å². The third-order valence-corrected chi connectivity index (χ3v) is 11.3. The van der Waals surface area contributed by atoms with Crippen LogP contribution in [0.15, 0.2) is 40.9 Å². The van der Waals surface area contributed by atoms with Crippen molar-refractivity contribution in [3.05, 3.63) is 69.1 Å². The van der Waals surface area contributed by atoms with Crippen molar-refractivity contribution in [2.75, 3.05) is 4.90 Å². The van der Waals surface area contributed by atoms with E-state index in [9.17, 15) is 18.0 Å². The zero-order valence-corrected chi connectivity index (χ0v) is 26.3. The molecular formula is C31H30Cl2FN3O7S. The number of aromatic nitrogens is 1. The summed E-state index contributed by atoms with van der Waals surface area (Å²) in [6, 6.07) is 8.91. The molecule has 2 unspecified atom stereocenters. The number of primary sulfonamides is 1. The van der Waals surface area contributed by atoms with Crippen LogP contribution >= 0.6 is 23.2 Å². The van der Waals surface area contributed by atoms with Gasteiger partial charge in [-0.15, -0.1) is 0 Å². The minimum absolute atomic E-state index is 0.173. The monoisotopic (exact) mass is 677 g/mol. The van der Waals surface area contributed by atoms with Gasteiger partial charge in [0.25, 0.3) is 0 Å². The molecule has 1 saturated heterocycles. The lowest BCUT2D eigenvalue weighted by atomic mass is 10.0. The molecule has 3 aromatic rings. The number of nitrogens with zero attached hydrogens (tertiary/aromatic N) is 2. The highest BCUT2D eigenvalue weighted by Crippen LogP contribution is 2.48. The van der Waals surface area contributed by atoms with E-state index in [0.717, 1.165) is 30.2 Å². The normalized spacial score (nSPS) is 26.2. The first-order valence-corrected chi connectivity index (χ1v) is 17.3. The number of nitrogens with two attached hydrogens (primary N) is 1. The van der Waals surface area contributed by atoms with Crippen LogP contribution in [0, 0.1) is 11.7 Å². The van der Waals surface area contributed by atoms with Gasteiger partial charge in [-0.3, -0.25) is 4.79 Å².